The van der Waals surface area contributed by atoms with E-state index < -0.39 is 10.0 Å². The average Bonchev–Trinajstić information content (AvgIpc) is 2.56. The molecule has 0 aliphatic carbocycles. The molecule has 0 aromatic heterocycles. The topological polar surface area (TPSA) is 66.5 Å². The zero-order valence-electron chi connectivity index (χ0n) is 15.4. The van der Waals surface area contributed by atoms with Crippen molar-refractivity contribution in [3.63, 3.8) is 0 Å². The summed E-state index contributed by atoms with van der Waals surface area (Å²) in [5, 5.41) is -0.0835. The first-order valence-electron chi connectivity index (χ1n) is 8.28. The molecule has 0 spiro atoms. The normalized spacial score (nSPS) is 11.4. The summed E-state index contributed by atoms with van der Waals surface area (Å²) in [4.78, 5) is 14.2. The van der Waals surface area contributed by atoms with Crippen LogP contribution in [-0.2, 0) is 16.4 Å². The van der Waals surface area contributed by atoms with Gasteiger partial charge in [0.05, 0.1) is 4.90 Å². The Bertz CT molecular complexity index is 843. The third-order valence-electron chi connectivity index (χ3n) is 3.55. The fourth-order valence-corrected chi connectivity index (χ4v) is 3.99. The molecular weight excluding hydrogens is 368 g/mol. The van der Waals surface area contributed by atoms with Gasteiger partial charge in [-0.05, 0) is 66.1 Å². The van der Waals surface area contributed by atoms with Crippen molar-refractivity contribution in [3.05, 3.63) is 54.1 Å². The maximum absolute atomic E-state index is 12.5. The van der Waals surface area contributed by atoms with Gasteiger partial charge in [0.1, 0.15) is 0 Å². The lowest BCUT2D eigenvalue weighted by Gasteiger charge is -2.11. The van der Waals surface area contributed by atoms with Gasteiger partial charge in [-0.2, -0.15) is 0 Å². The molecule has 0 bridgehead atoms. The fourth-order valence-electron chi connectivity index (χ4n) is 2.27. The van der Waals surface area contributed by atoms with E-state index in [1.54, 1.807) is 50.5 Å². The Kier molecular flexibility index (Phi) is 6.72. The largest absolute Gasteiger partial charge is 0.339 e. The van der Waals surface area contributed by atoms with Crippen LogP contribution in [0, 0.1) is 5.92 Å². The summed E-state index contributed by atoms with van der Waals surface area (Å²) in [5.74, 6) is 0.520. The van der Waals surface area contributed by atoms with Crippen LogP contribution in [0.15, 0.2) is 58.3 Å². The summed E-state index contributed by atoms with van der Waals surface area (Å²) >= 11 is 1.09. The second kappa shape index (κ2) is 8.60. The lowest BCUT2D eigenvalue weighted by Crippen LogP contribution is -2.16. The number of nitrogens with zero attached hydrogens (tertiary/aromatic N) is 1. The maximum Gasteiger partial charge on any atom is 0.285 e. The first-order chi connectivity index (χ1) is 12.2. The van der Waals surface area contributed by atoms with Crippen LogP contribution < -0.4 is 4.72 Å². The number of anilines is 1. The van der Waals surface area contributed by atoms with E-state index in [1.807, 2.05) is 12.1 Å². The summed E-state index contributed by atoms with van der Waals surface area (Å²) in [6, 6.07) is 13.7. The zero-order valence-corrected chi connectivity index (χ0v) is 17.0. The van der Waals surface area contributed by atoms with E-state index in [0.717, 1.165) is 28.6 Å². The molecule has 1 N–H and O–H groups in total. The molecule has 2 aromatic carbocycles. The van der Waals surface area contributed by atoms with Crippen molar-refractivity contribution < 1.29 is 13.2 Å². The van der Waals surface area contributed by atoms with Crippen molar-refractivity contribution in [2.45, 2.75) is 30.1 Å². The summed E-state index contributed by atoms with van der Waals surface area (Å²) in [6.07, 6.45) is 0.915. The van der Waals surface area contributed by atoms with Crippen molar-refractivity contribution in [1.82, 2.24) is 4.90 Å². The smallest absolute Gasteiger partial charge is 0.285 e. The minimum absolute atomic E-state index is 0.0835. The Hall–Kier alpha value is -1.99. The van der Waals surface area contributed by atoms with Gasteiger partial charge < -0.3 is 4.90 Å². The molecule has 2 rings (SSSR count). The summed E-state index contributed by atoms with van der Waals surface area (Å²) in [7, 11) is -0.270. The van der Waals surface area contributed by atoms with E-state index in [-0.39, 0.29) is 10.1 Å². The van der Waals surface area contributed by atoms with Crippen LogP contribution in [0.25, 0.3) is 0 Å². The summed E-state index contributed by atoms with van der Waals surface area (Å²) in [6.45, 7) is 4.25. The molecule has 0 aliphatic heterocycles. The second-order valence-corrected chi connectivity index (χ2v) is 9.34. The monoisotopic (exact) mass is 392 g/mol. The Balaban J connectivity index is 2.08. The van der Waals surface area contributed by atoms with E-state index in [1.165, 1.54) is 4.90 Å². The van der Waals surface area contributed by atoms with Crippen LogP contribution >= 0.6 is 11.8 Å². The predicted molar refractivity (Wildman–Crippen MR) is 107 cm³/mol. The fraction of sp³-hybridized carbons (Fsp3) is 0.316. The van der Waals surface area contributed by atoms with Crippen LogP contribution in [0.4, 0.5) is 10.5 Å². The Morgan fingerprint density at radius 1 is 1.04 bits per heavy atom. The Morgan fingerprint density at radius 2 is 1.62 bits per heavy atom. The second-order valence-electron chi connectivity index (χ2n) is 6.63. The van der Waals surface area contributed by atoms with Gasteiger partial charge in [-0.15, -0.1) is 0 Å². The number of rotatable bonds is 6. The molecule has 26 heavy (non-hydrogen) atoms. The molecule has 5 nitrogen and oxygen atoms in total. The van der Waals surface area contributed by atoms with Crippen molar-refractivity contribution in [3.8, 4) is 0 Å². The van der Waals surface area contributed by atoms with Gasteiger partial charge in [0.25, 0.3) is 15.3 Å². The van der Waals surface area contributed by atoms with Crippen molar-refractivity contribution >= 4 is 32.7 Å². The molecular formula is C19H24N2O3S2. The van der Waals surface area contributed by atoms with Gasteiger partial charge in [-0.1, -0.05) is 26.0 Å². The first-order valence-corrected chi connectivity index (χ1v) is 10.6. The highest BCUT2D eigenvalue weighted by Gasteiger charge is 2.14. The van der Waals surface area contributed by atoms with Crippen LogP contribution in [-0.4, -0.2) is 32.7 Å². The Morgan fingerprint density at radius 3 is 2.12 bits per heavy atom. The highest BCUT2D eigenvalue weighted by molar-refractivity contribution is 8.13. The number of thioether (sulfide) groups is 1. The lowest BCUT2D eigenvalue weighted by molar-refractivity contribution is 0.241. The third-order valence-corrected chi connectivity index (χ3v) is 6.00. The molecule has 0 heterocycles. The summed E-state index contributed by atoms with van der Waals surface area (Å²) < 4.78 is 27.6. The van der Waals surface area contributed by atoms with E-state index in [2.05, 4.69) is 18.6 Å². The molecule has 0 fully saturated rings. The molecule has 0 unspecified atom stereocenters. The van der Waals surface area contributed by atoms with Gasteiger partial charge in [0.2, 0.25) is 0 Å². The molecule has 0 atom stereocenters. The SMILES string of the molecule is CC(C)Cc1ccc(S(=O)(=O)Nc2ccc(SC(=O)N(C)C)cc2)cc1. The van der Waals surface area contributed by atoms with Gasteiger partial charge in [0.15, 0.2) is 0 Å². The van der Waals surface area contributed by atoms with Crippen LogP contribution in [0.3, 0.4) is 0 Å². The number of benzene rings is 2. The minimum Gasteiger partial charge on any atom is -0.339 e. The summed E-state index contributed by atoms with van der Waals surface area (Å²) in [5.41, 5.74) is 1.57. The number of carbonyl (C=O) groups excluding carboxylic acids is 1. The minimum atomic E-state index is -3.64. The number of sulfonamides is 1. The number of amides is 1. The van der Waals surface area contributed by atoms with Crippen molar-refractivity contribution in [2.75, 3.05) is 18.8 Å². The maximum atomic E-state index is 12.5. The van der Waals surface area contributed by atoms with Crippen LogP contribution in [0.2, 0.25) is 0 Å². The number of hydrogen-bond donors (Lipinski definition) is 1. The van der Waals surface area contributed by atoms with E-state index in [0.29, 0.717) is 11.6 Å². The standard InChI is InChI=1S/C19H24N2O3S2/c1-14(2)13-15-5-11-18(12-6-15)26(23,24)20-16-7-9-17(10-8-16)25-19(22)21(3)4/h5-12,14,20H,13H2,1-4H3. The predicted octanol–water partition coefficient (Wildman–Crippen LogP) is 4.46. The van der Waals surface area contributed by atoms with Gasteiger partial charge in [-0.3, -0.25) is 9.52 Å². The van der Waals surface area contributed by atoms with Crippen molar-refractivity contribution in [1.29, 1.82) is 0 Å². The average molecular weight is 393 g/mol. The molecule has 0 saturated heterocycles. The van der Waals surface area contributed by atoms with Gasteiger partial charge >= 0.3 is 0 Å². The molecule has 7 heteroatoms. The van der Waals surface area contributed by atoms with Crippen molar-refractivity contribution in [2.24, 2.45) is 5.92 Å². The number of carbonyl (C=O) groups is 1. The van der Waals surface area contributed by atoms with Gasteiger partial charge in [0, 0.05) is 24.7 Å². The van der Waals surface area contributed by atoms with E-state index >= 15 is 0 Å². The number of nitrogens with one attached hydrogen (secondary N) is 1. The molecule has 2 aromatic rings. The molecule has 1 amide bonds. The zero-order chi connectivity index (χ0) is 19.3. The van der Waals surface area contributed by atoms with Gasteiger partial charge in [-0.25, -0.2) is 8.42 Å². The molecule has 140 valence electrons. The highest BCUT2D eigenvalue weighted by atomic mass is 32.2. The molecule has 0 radical (unpaired) electrons. The Labute approximate surface area is 159 Å². The highest BCUT2D eigenvalue weighted by Crippen LogP contribution is 2.24. The third kappa shape index (κ3) is 5.78. The number of hydrogen-bond acceptors (Lipinski definition) is 4. The first kappa shape index (κ1) is 20.3. The molecule has 0 saturated carbocycles. The van der Waals surface area contributed by atoms with Crippen LogP contribution in [0.5, 0.6) is 0 Å². The quantitative estimate of drug-likeness (QED) is 0.737. The van der Waals surface area contributed by atoms with Crippen LogP contribution in [0.1, 0.15) is 19.4 Å². The van der Waals surface area contributed by atoms with E-state index in [9.17, 15) is 13.2 Å². The lowest BCUT2D eigenvalue weighted by atomic mass is 10.0. The molecule has 0 aliphatic rings. The van der Waals surface area contributed by atoms with E-state index in [4.69, 9.17) is 0 Å².